The molecule has 0 heterocycles. The number of aryl methyl sites for hydroxylation is 1. The maximum absolute atomic E-state index is 13.2. The monoisotopic (exact) mass is 216 g/mol. The Kier molecular flexibility index (Phi) is 4.17. The smallest absolute Gasteiger partial charge is 0.128 e. The Hall–Kier alpha value is -0.800. The first-order valence-electron chi connectivity index (χ1n) is 4.49. The number of hydrogen-bond acceptors (Lipinski definition) is 2. The Morgan fingerprint density at radius 2 is 2.07 bits per heavy atom. The van der Waals surface area contributed by atoms with Crippen LogP contribution in [0.15, 0.2) is 12.1 Å². The summed E-state index contributed by atoms with van der Waals surface area (Å²) in [6, 6.07) is 3.05. The Morgan fingerprint density at radius 3 is 2.71 bits per heavy atom. The predicted molar refractivity (Wildman–Crippen MR) is 58.6 cm³/mol. The molecule has 0 saturated heterocycles. The summed E-state index contributed by atoms with van der Waals surface area (Å²) in [6.07, 6.45) is 0. The van der Waals surface area contributed by atoms with Gasteiger partial charge in [0.05, 0.1) is 10.7 Å². The van der Waals surface area contributed by atoms with Crippen LogP contribution in [-0.2, 0) is 0 Å². The lowest BCUT2D eigenvalue weighted by atomic mass is 10.2. The predicted octanol–water partition coefficient (Wildman–Crippen LogP) is 2.42. The van der Waals surface area contributed by atoms with Crippen molar-refractivity contribution in [2.24, 2.45) is 0 Å². The molecule has 0 aromatic heterocycles. The third kappa shape index (κ3) is 2.86. The first kappa shape index (κ1) is 11.3. The van der Waals surface area contributed by atoms with Crippen molar-refractivity contribution in [1.29, 1.82) is 0 Å². The molecule has 2 nitrogen and oxygen atoms in total. The van der Waals surface area contributed by atoms with Crippen molar-refractivity contribution >= 4 is 17.3 Å². The van der Waals surface area contributed by atoms with Crippen LogP contribution < -0.4 is 10.6 Å². The van der Waals surface area contributed by atoms with E-state index in [0.717, 1.165) is 13.1 Å². The van der Waals surface area contributed by atoms with Crippen LogP contribution in [0.5, 0.6) is 0 Å². The van der Waals surface area contributed by atoms with E-state index in [4.69, 9.17) is 11.6 Å². The van der Waals surface area contributed by atoms with Crippen molar-refractivity contribution < 1.29 is 4.39 Å². The second-order valence-corrected chi connectivity index (χ2v) is 3.52. The number of rotatable bonds is 4. The molecule has 0 amide bonds. The van der Waals surface area contributed by atoms with Crippen LogP contribution in [0.3, 0.4) is 0 Å². The zero-order chi connectivity index (χ0) is 10.6. The molecule has 0 bridgehead atoms. The van der Waals surface area contributed by atoms with Gasteiger partial charge in [0.25, 0.3) is 0 Å². The maximum atomic E-state index is 13.2. The number of halogens is 2. The fourth-order valence-electron chi connectivity index (χ4n) is 1.10. The van der Waals surface area contributed by atoms with E-state index in [1.807, 2.05) is 7.05 Å². The quantitative estimate of drug-likeness (QED) is 0.756. The van der Waals surface area contributed by atoms with Gasteiger partial charge in [-0.05, 0) is 31.7 Å². The van der Waals surface area contributed by atoms with Crippen molar-refractivity contribution in [3.8, 4) is 0 Å². The highest BCUT2D eigenvalue weighted by atomic mass is 35.5. The zero-order valence-electron chi connectivity index (χ0n) is 8.32. The van der Waals surface area contributed by atoms with Crippen molar-refractivity contribution in [3.63, 3.8) is 0 Å². The molecule has 14 heavy (non-hydrogen) atoms. The first-order valence-corrected chi connectivity index (χ1v) is 4.87. The van der Waals surface area contributed by atoms with E-state index in [9.17, 15) is 4.39 Å². The highest BCUT2D eigenvalue weighted by molar-refractivity contribution is 6.33. The molecule has 0 aliphatic carbocycles. The van der Waals surface area contributed by atoms with Crippen molar-refractivity contribution in [3.05, 3.63) is 28.5 Å². The molecule has 0 spiro atoms. The highest BCUT2D eigenvalue weighted by Crippen LogP contribution is 2.24. The SMILES string of the molecule is CNCCNc1cc(F)c(C)cc1Cl. The average molecular weight is 217 g/mol. The third-order valence-electron chi connectivity index (χ3n) is 1.94. The number of hydrogen-bond donors (Lipinski definition) is 2. The van der Waals surface area contributed by atoms with Crippen LogP contribution >= 0.6 is 11.6 Å². The normalized spacial score (nSPS) is 10.3. The van der Waals surface area contributed by atoms with Crippen LogP contribution in [-0.4, -0.2) is 20.1 Å². The zero-order valence-corrected chi connectivity index (χ0v) is 9.08. The highest BCUT2D eigenvalue weighted by Gasteiger charge is 2.04. The fraction of sp³-hybridized carbons (Fsp3) is 0.400. The summed E-state index contributed by atoms with van der Waals surface area (Å²) in [5.74, 6) is -0.235. The van der Waals surface area contributed by atoms with Gasteiger partial charge < -0.3 is 10.6 Å². The third-order valence-corrected chi connectivity index (χ3v) is 2.25. The first-order chi connectivity index (χ1) is 6.65. The summed E-state index contributed by atoms with van der Waals surface area (Å²) < 4.78 is 13.2. The van der Waals surface area contributed by atoms with Gasteiger partial charge in [-0.15, -0.1) is 0 Å². The maximum Gasteiger partial charge on any atom is 0.128 e. The molecule has 2 N–H and O–H groups in total. The van der Waals surface area contributed by atoms with Crippen LogP contribution in [0.25, 0.3) is 0 Å². The van der Waals surface area contributed by atoms with Gasteiger partial charge in [0, 0.05) is 13.1 Å². The van der Waals surface area contributed by atoms with E-state index in [1.54, 1.807) is 13.0 Å². The van der Waals surface area contributed by atoms with Gasteiger partial charge in [0.1, 0.15) is 5.82 Å². The topological polar surface area (TPSA) is 24.1 Å². The average Bonchev–Trinajstić information content (AvgIpc) is 2.14. The summed E-state index contributed by atoms with van der Waals surface area (Å²) in [6.45, 7) is 3.23. The molecule has 1 aromatic carbocycles. The number of anilines is 1. The van der Waals surface area contributed by atoms with Crippen LogP contribution in [0.2, 0.25) is 5.02 Å². The van der Waals surface area contributed by atoms with E-state index in [1.165, 1.54) is 6.07 Å². The number of nitrogens with one attached hydrogen (secondary N) is 2. The molecule has 0 radical (unpaired) electrons. The van der Waals surface area contributed by atoms with Crippen LogP contribution in [0.1, 0.15) is 5.56 Å². The van der Waals surface area contributed by atoms with Crippen molar-refractivity contribution in [2.45, 2.75) is 6.92 Å². The molecule has 0 atom stereocenters. The summed E-state index contributed by atoms with van der Waals surface area (Å²) in [5, 5.41) is 6.59. The number of likely N-dealkylation sites (N-methyl/N-ethyl adjacent to an activating group) is 1. The fourth-order valence-corrected chi connectivity index (χ4v) is 1.39. The summed E-state index contributed by atoms with van der Waals surface area (Å²) in [5.41, 5.74) is 1.21. The Bertz CT molecular complexity index is 315. The molecular weight excluding hydrogens is 203 g/mol. The number of benzene rings is 1. The van der Waals surface area contributed by atoms with Gasteiger partial charge in [-0.1, -0.05) is 11.6 Å². The molecule has 1 rings (SSSR count). The molecule has 0 fully saturated rings. The van der Waals surface area contributed by atoms with E-state index in [2.05, 4.69) is 10.6 Å². The van der Waals surface area contributed by atoms with Gasteiger partial charge in [-0.3, -0.25) is 0 Å². The van der Waals surface area contributed by atoms with Gasteiger partial charge in [0.2, 0.25) is 0 Å². The summed E-state index contributed by atoms with van der Waals surface area (Å²) in [7, 11) is 1.86. The lowest BCUT2D eigenvalue weighted by molar-refractivity contribution is 0.619. The van der Waals surface area contributed by atoms with Crippen molar-refractivity contribution in [2.75, 3.05) is 25.5 Å². The van der Waals surface area contributed by atoms with Gasteiger partial charge in [0.15, 0.2) is 0 Å². The largest absolute Gasteiger partial charge is 0.382 e. The molecule has 0 aliphatic rings. The Balaban J connectivity index is 2.72. The molecular formula is C10H14ClFN2. The van der Waals surface area contributed by atoms with E-state index in [0.29, 0.717) is 16.3 Å². The van der Waals surface area contributed by atoms with Crippen LogP contribution in [0.4, 0.5) is 10.1 Å². The molecule has 0 unspecified atom stereocenters. The Morgan fingerprint density at radius 1 is 1.36 bits per heavy atom. The van der Waals surface area contributed by atoms with E-state index in [-0.39, 0.29) is 5.82 Å². The van der Waals surface area contributed by atoms with Gasteiger partial charge in [-0.25, -0.2) is 4.39 Å². The summed E-state index contributed by atoms with van der Waals surface area (Å²) in [4.78, 5) is 0. The van der Waals surface area contributed by atoms with Crippen molar-refractivity contribution in [1.82, 2.24) is 5.32 Å². The minimum atomic E-state index is -0.235. The molecule has 4 heteroatoms. The lowest BCUT2D eigenvalue weighted by Crippen LogP contribution is -2.17. The summed E-state index contributed by atoms with van der Waals surface area (Å²) >= 11 is 5.93. The lowest BCUT2D eigenvalue weighted by Gasteiger charge is -2.09. The minimum absolute atomic E-state index is 0.235. The van der Waals surface area contributed by atoms with Gasteiger partial charge >= 0.3 is 0 Å². The Labute approximate surface area is 88.5 Å². The molecule has 0 saturated carbocycles. The van der Waals surface area contributed by atoms with Crippen LogP contribution in [0, 0.1) is 12.7 Å². The molecule has 0 aliphatic heterocycles. The van der Waals surface area contributed by atoms with Gasteiger partial charge in [-0.2, -0.15) is 0 Å². The minimum Gasteiger partial charge on any atom is -0.382 e. The molecule has 1 aromatic rings. The second-order valence-electron chi connectivity index (χ2n) is 3.11. The standard InChI is InChI=1S/C10H14ClFN2/c1-7-5-8(11)10(6-9(7)12)14-4-3-13-2/h5-6,13-14H,3-4H2,1-2H3. The van der Waals surface area contributed by atoms with E-state index < -0.39 is 0 Å². The molecule has 78 valence electrons. The van der Waals surface area contributed by atoms with E-state index >= 15 is 0 Å². The second kappa shape index (κ2) is 5.17.